The van der Waals surface area contributed by atoms with Gasteiger partial charge in [-0.25, -0.2) is 4.39 Å². The van der Waals surface area contributed by atoms with Gasteiger partial charge in [-0.3, -0.25) is 4.79 Å². The molecule has 1 saturated heterocycles. The van der Waals surface area contributed by atoms with Gasteiger partial charge < -0.3 is 10.6 Å². The molecule has 1 aromatic carbocycles. The van der Waals surface area contributed by atoms with E-state index in [9.17, 15) is 9.18 Å². The van der Waals surface area contributed by atoms with Crippen molar-refractivity contribution < 1.29 is 9.18 Å². The van der Waals surface area contributed by atoms with E-state index in [0.29, 0.717) is 6.54 Å². The molecule has 23 heavy (non-hydrogen) atoms. The Labute approximate surface area is 145 Å². The Kier molecular flexibility index (Phi) is 5.79. The number of likely N-dealkylation sites (tertiary alicyclic amines) is 1. The van der Waals surface area contributed by atoms with Crippen LogP contribution in [0.3, 0.4) is 0 Å². The Morgan fingerprint density at radius 1 is 1.35 bits per heavy atom. The van der Waals surface area contributed by atoms with Gasteiger partial charge in [0.05, 0.1) is 4.88 Å². The number of piperidine rings is 1. The number of aryl methyl sites for hydroxylation is 1. The van der Waals surface area contributed by atoms with Crippen LogP contribution >= 0.6 is 23.7 Å². The van der Waals surface area contributed by atoms with Gasteiger partial charge in [-0.2, -0.15) is 0 Å². The lowest BCUT2D eigenvalue weighted by Gasteiger charge is -2.30. The highest BCUT2D eigenvalue weighted by Crippen LogP contribution is 2.33. The lowest BCUT2D eigenvalue weighted by molar-refractivity contribution is 0.0713. The number of halogens is 2. The number of carbonyl (C=O) groups is 1. The van der Waals surface area contributed by atoms with Gasteiger partial charge >= 0.3 is 0 Å². The van der Waals surface area contributed by atoms with Crippen LogP contribution in [0, 0.1) is 12.7 Å². The van der Waals surface area contributed by atoms with Crippen molar-refractivity contribution in [3.63, 3.8) is 0 Å². The molecule has 2 N–H and O–H groups in total. The van der Waals surface area contributed by atoms with Crippen LogP contribution in [0.25, 0.3) is 10.4 Å². The molecule has 2 heterocycles. The number of amides is 1. The van der Waals surface area contributed by atoms with Crippen LogP contribution in [0.15, 0.2) is 30.3 Å². The average Bonchev–Trinajstić information content (AvgIpc) is 2.89. The van der Waals surface area contributed by atoms with Gasteiger partial charge in [0.25, 0.3) is 5.91 Å². The van der Waals surface area contributed by atoms with E-state index < -0.39 is 0 Å². The van der Waals surface area contributed by atoms with Crippen LogP contribution in [0.2, 0.25) is 0 Å². The number of benzene rings is 1. The number of carbonyl (C=O) groups excluding carboxylic acids is 1. The van der Waals surface area contributed by atoms with Crippen LogP contribution < -0.4 is 5.73 Å². The third-order valence-corrected chi connectivity index (χ3v) is 5.25. The molecule has 1 aliphatic rings. The van der Waals surface area contributed by atoms with Gasteiger partial charge in [0.15, 0.2) is 0 Å². The molecule has 2 aromatic rings. The van der Waals surface area contributed by atoms with Crippen molar-refractivity contribution in [2.45, 2.75) is 25.8 Å². The third kappa shape index (κ3) is 3.91. The fraction of sp³-hybridized carbons (Fsp3) is 0.353. The van der Waals surface area contributed by atoms with Gasteiger partial charge in [-0.05, 0) is 49.1 Å². The second-order valence-electron chi connectivity index (χ2n) is 5.78. The molecule has 0 radical (unpaired) electrons. The monoisotopic (exact) mass is 354 g/mol. The molecule has 6 heteroatoms. The molecule has 1 aromatic heterocycles. The van der Waals surface area contributed by atoms with E-state index in [1.807, 2.05) is 17.9 Å². The van der Waals surface area contributed by atoms with Crippen LogP contribution in [-0.2, 0) is 0 Å². The molecular weight excluding hydrogens is 335 g/mol. The highest BCUT2D eigenvalue weighted by Gasteiger charge is 2.24. The lowest BCUT2D eigenvalue weighted by Crippen LogP contribution is -2.45. The summed E-state index contributed by atoms with van der Waals surface area (Å²) in [6, 6.07) is 8.39. The van der Waals surface area contributed by atoms with Crippen LogP contribution in [-0.4, -0.2) is 29.9 Å². The van der Waals surface area contributed by atoms with Crippen molar-refractivity contribution in [2.24, 2.45) is 5.73 Å². The number of hydrogen-bond acceptors (Lipinski definition) is 3. The molecule has 1 aliphatic heterocycles. The van der Waals surface area contributed by atoms with Gasteiger partial charge in [-0.15, -0.1) is 23.7 Å². The molecule has 3 nitrogen and oxygen atoms in total. The molecule has 1 atom stereocenters. The molecule has 1 amide bonds. The van der Waals surface area contributed by atoms with Gasteiger partial charge in [0, 0.05) is 24.0 Å². The van der Waals surface area contributed by atoms with Crippen molar-refractivity contribution in [3.05, 3.63) is 46.6 Å². The zero-order valence-corrected chi connectivity index (χ0v) is 14.6. The maximum Gasteiger partial charge on any atom is 0.264 e. The number of nitrogens with two attached hydrogens (primary N) is 1. The van der Waals surface area contributed by atoms with Gasteiger partial charge in [0.1, 0.15) is 5.82 Å². The van der Waals surface area contributed by atoms with Crippen molar-refractivity contribution in [1.82, 2.24) is 4.90 Å². The molecular formula is C17H20ClFN2OS. The van der Waals surface area contributed by atoms with E-state index in [4.69, 9.17) is 5.73 Å². The van der Waals surface area contributed by atoms with E-state index >= 15 is 0 Å². The van der Waals surface area contributed by atoms with Crippen LogP contribution in [0.4, 0.5) is 4.39 Å². The van der Waals surface area contributed by atoms with E-state index in [-0.39, 0.29) is 30.2 Å². The lowest BCUT2D eigenvalue weighted by atomic mass is 10.1. The zero-order valence-electron chi connectivity index (χ0n) is 12.9. The quantitative estimate of drug-likeness (QED) is 0.890. The van der Waals surface area contributed by atoms with Gasteiger partial charge in [-0.1, -0.05) is 12.1 Å². The summed E-state index contributed by atoms with van der Waals surface area (Å²) in [5.74, 6) is -0.201. The summed E-state index contributed by atoms with van der Waals surface area (Å²) in [4.78, 5) is 16.2. The SMILES string of the molecule is Cc1cc(C(=O)N2CCCC(N)C2)sc1-c1ccc(F)cc1.Cl. The normalized spacial score (nSPS) is 17.7. The second kappa shape index (κ2) is 7.43. The highest BCUT2D eigenvalue weighted by molar-refractivity contribution is 7.17. The fourth-order valence-corrected chi connectivity index (χ4v) is 3.97. The largest absolute Gasteiger partial charge is 0.336 e. The summed E-state index contributed by atoms with van der Waals surface area (Å²) in [5, 5.41) is 0. The van der Waals surface area contributed by atoms with Gasteiger partial charge in [0.2, 0.25) is 0 Å². The molecule has 1 fully saturated rings. The third-order valence-electron chi connectivity index (χ3n) is 3.98. The summed E-state index contributed by atoms with van der Waals surface area (Å²) < 4.78 is 13.0. The van der Waals surface area contributed by atoms with Crippen molar-refractivity contribution >= 4 is 29.7 Å². The summed E-state index contributed by atoms with van der Waals surface area (Å²) in [7, 11) is 0. The first-order valence-electron chi connectivity index (χ1n) is 7.46. The molecule has 0 bridgehead atoms. The molecule has 124 valence electrons. The molecule has 3 rings (SSSR count). The van der Waals surface area contributed by atoms with Crippen LogP contribution in [0.1, 0.15) is 28.1 Å². The molecule has 0 spiro atoms. The number of thiophene rings is 1. The van der Waals surface area contributed by atoms with E-state index in [2.05, 4.69) is 0 Å². The Bertz CT molecular complexity index is 686. The Hall–Kier alpha value is -1.43. The zero-order chi connectivity index (χ0) is 15.7. The Morgan fingerprint density at radius 2 is 2.04 bits per heavy atom. The predicted octanol–water partition coefficient (Wildman–Crippen LogP) is 3.85. The van der Waals surface area contributed by atoms with E-state index in [1.165, 1.54) is 23.5 Å². The summed E-state index contributed by atoms with van der Waals surface area (Å²) in [5.41, 5.74) is 7.94. The second-order valence-corrected chi connectivity index (χ2v) is 6.84. The standard InChI is InChI=1S/C17H19FN2OS.ClH/c1-11-9-15(17(21)20-8-2-3-14(19)10-20)22-16(11)12-4-6-13(18)7-5-12;/h4-7,9,14H,2-3,8,10,19H2,1H3;1H. The highest BCUT2D eigenvalue weighted by atomic mass is 35.5. The van der Waals surface area contributed by atoms with Crippen molar-refractivity contribution in [1.29, 1.82) is 0 Å². The van der Waals surface area contributed by atoms with Crippen molar-refractivity contribution in [2.75, 3.05) is 13.1 Å². The Morgan fingerprint density at radius 3 is 2.70 bits per heavy atom. The first-order valence-corrected chi connectivity index (χ1v) is 8.27. The summed E-state index contributed by atoms with van der Waals surface area (Å²) in [6.45, 7) is 3.38. The molecule has 1 unspecified atom stereocenters. The first-order chi connectivity index (χ1) is 10.5. The predicted molar refractivity (Wildman–Crippen MR) is 94.8 cm³/mol. The summed E-state index contributed by atoms with van der Waals surface area (Å²) in [6.07, 6.45) is 1.94. The van der Waals surface area contributed by atoms with E-state index in [1.54, 1.807) is 12.1 Å². The first kappa shape index (κ1) is 17.9. The fourth-order valence-electron chi connectivity index (χ4n) is 2.83. The topological polar surface area (TPSA) is 46.3 Å². The maximum absolute atomic E-state index is 13.0. The Balaban J connectivity index is 0.00000192. The minimum absolute atomic E-state index is 0. The minimum atomic E-state index is -0.253. The maximum atomic E-state index is 13.0. The number of rotatable bonds is 2. The summed E-state index contributed by atoms with van der Waals surface area (Å²) >= 11 is 1.47. The van der Waals surface area contributed by atoms with Crippen molar-refractivity contribution in [3.8, 4) is 10.4 Å². The average molecular weight is 355 g/mol. The molecule has 0 saturated carbocycles. The number of nitrogens with zero attached hydrogens (tertiary/aromatic N) is 1. The number of hydrogen-bond donors (Lipinski definition) is 1. The molecule has 0 aliphatic carbocycles. The minimum Gasteiger partial charge on any atom is -0.336 e. The van der Waals surface area contributed by atoms with Crippen LogP contribution in [0.5, 0.6) is 0 Å². The smallest absolute Gasteiger partial charge is 0.264 e. The van der Waals surface area contributed by atoms with E-state index in [0.717, 1.165) is 40.3 Å².